The number of carbonyl (C=O) groups excluding carboxylic acids is 1. The van der Waals surface area contributed by atoms with Crippen molar-refractivity contribution in [1.82, 2.24) is 4.90 Å². The Morgan fingerprint density at radius 1 is 1.37 bits per heavy atom. The fourth-order valence-electron chi connectivity index (χ4n) is 4.04. The van der Waals surface area contributed by atoms with E-state index >= 15 is 0 Å². The summed E-state index contributed by atoms with van der Waals surface area (Å²) in [4.78, 5) is 29.7. The minimum atomic E-state index is -0.967. The Balaban J connectivity index is 1.78. The van der Waals surface area contributed by atoms with Crippen LogP contribution in [0.15, 0.2) is 34.4 Å². The van der Waals surface area contributed by atoms with Crippen LogP contribution in [0.3, 0.4) is 0 Å². The van der Waals surface area contributed by atoms with Gasteiger partial charge < -0.3 is 10.5 Å². The largest absolute Gasteiger partial charge is 0.490 e. The monoisotopic (exact) mass is 372 g/mol. The predicted octanol–water partition coefficient (Wildman–Crippen LogP) is 3.39. The van der Waals surface area contributed by atoms with E-state index in [1.807, 2.05) is 18.2 Å². The fourth-order valence-corrected chi connectivity index (χ4v) is 4.04. The normalized spacial score (nSPS) is 24.6. The Morgan fingerprint density at radius 2 is 2.11 bits per heavy atom. The first-order valence-electron chi connectivity index (χ1n) is 9.64. The maximum atomic E-state index is 12.9. The molecule has 0 aromatic heterocycles. The number of carbonyl (C=O) groups is 1. The van der Waals surface area contributed by atoms with Crippen LogP contribution in [-0.2, 0) is 4.79 Å². The Kier molecular flexibility index (Phi) is 5.77. The van der Waals surface area contributed by atoms with Gasteiger partial charge in [-0.15, -0.1) is 0 Å². The summed E-state index contributed by atoms with van der Waals surface area (Å²) in [6.45, 7) is 1.87. The standard InChI is InChI=1S/C20H28N4O3/c1-14(23-26)16-9-6-10-17(11-16)27-13-20(12-15-7-4-3-5-8-15)18(25)24(2)19(21)22-20/h6,9-11,14-15H,3-5,7-8,12-13H2,1-2H3,(H2,21,22). The fraction of sp³-hybridized carbons (Fsp3) is 0.600. The van der Waals surface area contributed by atoms with Gasteiger partial charge >= 0.3 is 0 Å². The molecule has 1 aromatic carbocycles. The minimum Gasteiger partial charge on any atom is -0.490 e. The Morgan fingerprint density at radius 3 is 2.74 bits per heavy atom. The Bertz CT molecular complexity index is 730. The van der Waals surface area contributed by atoms with Gasteiger partial charge in [0, 0.05) is 7.05 Å². The van der Waals surface area contributed by atoms with Gasteiger partial charge in [-0.25, -0.2) is 4.99 Å². The molecule has 1 aliphatic carbocycles. The van der Waals surface area contributed by atoms with Gasteiger partial charge in [0.1, 0.15) is 18.4 Å². The Labute approximate surface area is 159 Å². The van der Waals surface area contributed by atoms with Crippen LogP contribution in [0.1, 0.15) is 57.1 Å². The van der Waals surface area contributed by atoms with Crippen LogP contribution in [0.5, 0.6) is 5.75 Å². The lowest BCUT2D eigenvalue weighted by atomic mass is 9.79. The van der Waals surface area contributed by atoms with Crippen molar-refractivity contribution in [2.24, 2.45) is 21.8 Å². The molecule has 7 heteroatoms. The van der Waals surface area contributed by atoms with Crippen molar-refractivity contribution in [3.8, 4) is 5.75 Å². The van der Waals surface area contributed by atoms with Gasteiger partial charge in [0.05, 0.1) is 0 Å². The topological polar surface area (TPSA) is 97.3 Å². The lowest BCUT2D eigenvalue weighted by molar-refractivity contribution is -0.132. The van der Waals surface area contributed by atoms with Gasteiger partial charge in [-0.1, -0.05) is 49.4 Å². The van der Waals surface area contributed by atoms with E-state index < -0.39 is 11.6 Å². The molecule has 2 atom stereocenters. The van der Waals surface area contributed by atoms with Crippen molar-refractivity contribution >= 4 is 11.9 Å². The molecule has 2 aliphatic rings. The molecule has 0 radical (unpaired) electrons. The van der Waals surface area contributed by atoms with E-state index in [-0.39, 0.29) is 18.5 Å². The van der Waals surface area contributed by atoms with E-state index in [2.05, 4.69) is 10.2 Å². The highest BCUT2D eigenvalue weighted by Gasteiger charge is 2.48. The molecule has 2 N–H and O–H groups in total. The van der Waals surface area contributed by atoms with Gasteiger partial charge in [0.2, 0.25) is 0 Å². The summed E-state index contributed by atoms with van der Waals surface area (Å²) in [7, 11) is 1.65. The molecule has 0 spiro atoms. The summed E-state index contributed by atoms with van der Waals surface area (Å²) in [6, 6.07) is 6.81. The molecule has 1 aliphatic heterocycles. The zero-order valence-corrected chi connectivity index (χ0v) is 16.1. The molecule has 1 fully saturated rings. The smallest absolute Gasteiger partial charge is 0.260 e. The summed E-state index contributed by atoms with van der Waals surface area (Å²) in [5, 5.41) is 3.06. The first-order valence-corrected chi connectivity index (χ1v) is 9.64. The Hall–Kier alpha value is -2.44. The molecule has 146 valence electrons. The van der Waals surface area contributed by atoms with Crippen LogP contribution in [0.4, 0.5) is 0 Å². The SMILES string of the molecule is CC(N=O)c1cccc(OCC2(CC3CCCCC3)N=C(N)N(C)C2=O)c1. The first kappa shape index (κ1) is 19.3. The number of hydrogen-bond donors (Lipinski definition) is 1. The number of nitrogens with zero attached hydrogens (tertiary/aromatic N) is 3. The number of amides is 1. The van der Waals surface area contributed by atoms with Crippen molar-refractivity contribution in [1.29, 1.82) is 0 Å². The molecule has 3 rings (SSSR count). The molecule has 1 amide bonds. The number of guanidine groups is 1. The van der Waals surface area contributed by atoms with Crippen LogP contribution >= 0.6 is 0 Å². The highest BCUT2D eigenvalue weighted by molar-refractivity contribution is 6.06. The van der Waals surface area contributed by atoms with E-state index in [0.29, 0.717) is 18.1 Å². The maximum Gasteiger partial charge on any atom is 0.260 e. The zero-order chi connectivity index (χ0) is 19.4. The highest BCUT2D eigenvalue weighted by Crippen LogP contribution is 2.36. The molecule has 27 heavy (non-hydrogen) atoms. The molecule has 0 bridgehead atoms. The lowest BCUT2D eigenvalue weighted by Crippen LogP contribution is -2.47. The van der Waals surface area contributed by atoms with Gasteiger partial charge in [0.25, 0.3) is 5.91 Å². The third kappa shape index (κ3) is 4.12. The molecular formula is C20H28N4O3. The molecule has 1 heterocycles. The molecule has 7 nitrogen and oxygen atoms in total. The first-order chi connectivity index (χ1) is 12.9. The van der Waals surface area contributed by atoms with E-state index in [1.54, 1.807) is 20.0 Å². The van der Waals surface area contributed by atoms with Crippen LogP contribution in [0.2, 0.25) is 0 Å². The number of ether oxygens (including phenoxy) is 1. The summed E-state index contributed by atoms with van der Waals surface area (Å²) in [5.41, 5.74) is 5.77. The van der Waals surface area contributed by atoms with Gasteiger partial charge in [-0.05, 0) is 37.0 Å². The van der Waals surface area contributed by atoms with Crippen molar-refractivity contribution in [3.05, 3.63) is 34.7 Å². The summed E-state index contributed by atoms with van der Waals surface area (Å²) >= 11 is 0. The highest BCUT2D eigenvalue weighted by atomic mass is 16.5. The number of nitroso groups, excluding NO2 is 1. The van der Waals surface area contributed by atoms with E-state index in [9.17, 15) is 9.70 Å². The van der Waals surface area contributed by atoms with E-state index in [1.165, 1.54) is 24.2 Å². The lowest BCUT2D eigenvalue weighted by Gasteiger charge is -2.31. The van der Waals surface area contributed by atoms with Crippen LogP contribution in [0.25, 0.3) is 0 Å². The van der Waals surface area contributed by atoms with Crippen LogP contribution in [0, 0.1) is 10.8 Å². The van der Waals surface area contributed by atoms with Crippen molar-refractivity contribution in [3.63, 3.8) is 0 Å². The number of benzene rings is 1. The quantitative estimate of drug-likeness (QED) is 0.742. The van der Waals surface area contributed by atoms with E-state index in [4.69, 9.17) is 10.5 Å². The molecular weight excluding hydrogens is 344 g/mol. The number of hydrogen-bond acceptors (Lipinski definition) is 6. The van der Waals surface area contributed by atoms with Gasteiger partial charge in [-0.3, -0.25) is 9.69 Å². The zero-order valence-electron chi connectivity index (χ0n) is 16.1. The molecule has 2 unspecified atom stereocenters. The predicted molar refractivity (Wildman–Crippen MR) is 104 cm³/mol. The second-order valence-corrected chi connectivity index (χ2v) is 7.72. The maximum absolute atomic E-state index is 12.9. The third-order valence-corrected chi connectivity index (χ3v) is 5.70. The van der Waals surface area contributed by atoms with Crippen molar-refractivity contribution < 1.29 is 9.53 Å². The molecule has 1 aromatic rings. The average molecular weight is 372 g/mol. The minimum absolute atomic E-state index is 0.107. The van der Waals surface area contributed by atoms with Gasteiger partial charge in [-0.2, -0.15) is 4.91 Å². The van der Waals surface area contributed by atoms with Crippen LogP contribution < -0.4 is 10.5 Å². The second kappa shape index (κ2) is 8.06. The van der Waals surface area contributed by atoms with Crippen molar-refractivity contribution in [2.75, 3.05) is 13.7 Å². The second-order valence-electron chi connectivity index (χ2n) is 7.72. The third-order valence-electron chi connectivity index (χ3n) is 5.70. The van der Waals surface area contributed by atoms with E-state index in [0.717, 1.165) is 18.4 Å². The molecule has 0 saturated heterocycles. The summed E-state index contributed by atoms with van der Waals surface area (Å²) < 4.78 is 5.98. The number of likely N-dealkylation sites (N-methyl/N-ethyl adjacent to an activating group) is 1. The van der Waals surface area contributed by atoms with Crippen molar-refractivity contribution in [2.45, 2.75) is 57.0 Å². The number of nitrogens with two attached hydrogens (primary N) is 1. The van der Waals surface area contributed by atoms with Gasteiger partial charge in [0.15, 0.2) is 11.5 Å². The van der Waals surface area contributed by atoms with Crippen LogP contribution in [-0.4, -0.2) is 36.0 Å². The number of aliphatic imine (C=N–C) groups is 1. The number of rotatable bonds is 7. The average Bonchev–Trinajstić information content (AvgIpc) is 2.91. The summed E-state index contributed by atoms with van der Waals surface area (Å²) in [5.74, 6) is 1.19. The summed E-state index contributed by atoms with van der Waals surface area (Å²) in [6.07, 6.45) is 6.54. The molecule has 1 saturated carbocycles.